The monoisotopic (exact) mass is 401 g/mol. The van der Waals surface area contributed by atoms with Crippen molar-refractivity contribution in [2.45, 2.75) is 50.3 Å². The number of benzene rings is 1. The van der Waals surface area contributed by atoms with E-state index in [-0.39, 0.29) is 0 Å². The number of fused-ring (bicyclic) bond motifs is 2. The topological polar surface area (TPSA) is 78.6 Å². The number of aliphatic hydroxyl groups is 1. The molecule has 2 aliphatic heterocycles. The Morgan fingerprint density at radius 2 is 1.86 bits per heavy atom. The van der Waals surface area contributed by atoms with Crippen LogP contribution in [0.4, 0.5) is 0 Å². The lowest BCUT2D eigenvalue weighted by Crippen LogP contribution is -2.34. The van der Waals surface area contributed by atoms with Gasteiger partial charge in [-0.2, -0.15) is 0 Å². The molecule has 1 aromatic carbocycles. The van der Waals surface area contributed by atoms with E-state index in [1.165, 1.54) is 6.33 Å². The fraction of sp³-hybridized carbons (Fsp3) is 0.400. The Bertz CT molecular complexity index is 1010. The highest BCUT2D eigenvalue weighted by Crippen LogP contribution is 2.47. The molecule has 0 aliphatic carbocycles. The molecule has 0 unspecified atom stereocenters. The van der Waals surface area contributed by atoms with E-state index in [2.05, 4.69) is 9.97 Å². The van der Waals surface area contributed by atoms with Crippen molar-refractivity contribution < 1.29 is 19.3 Å². The standard InChI is InChI=1S/C20H20ClN3O4/c1-20(2)27-15-14(13(25)11-6-4-3-5-7-11)26-19(16(15)28-20)24-9-8-12-17(21)22-10-23-18(12)24/h3-10,13-16,19,25H,1-2H3/t13-,14-,15-,16-,19-/m1/s1. The van der Waals surface area contributed by atoms with Crippen LogP contribution in [-0.4, -0.2) is 43.7 Å². The molecular weight excluding hydrogens is 382 g/mol. The first-order valence-electron chi connectivity index (χ1n) is 9.16. The van der Waals surface area contributed by atoms with Gasteiger partial charge in [-0.15, -0.1) is 0 Å². The number of rotatable bonds is 3. The molecule has 1 N–H and O–H groups in total. The summed E-state index contributed by atoms with van der Waals surface area (Å²) < 4.78 is 20.4. The normalized spacial score (nSPS) is 29.9. The molecule has 5 atom stereocenters. The highest BCUT2D eigenvalue weighted by Gasteiger charge is 2.58. The van der Waals surface area contributed by atoms with Gasteiger partial charge in [0.15, 0.2) is 12.0 Å². The largest absolute Gasteiger partial charge is 0.386 e. The number of aliphatic hydroxyl groups excluding tert-OH is 1. The van der Waals surface area contributed by atoms with Crippen LogP contribution in [0.2, 0.25) is 5.15 Å². The van der Waals surface area contributed by atoms with E-state index in [9.17, 15) is 5.11 Å². The van der Waals surface area contributed by atoms with Gasteiger partial charge in [0, 0.05) is 6.20 Å². The summed E-state index contributed by atoms with van der Waals surface area (Å²) in [5, 5.41) is 12.1. The van der Waals surface area contributed by atoms with Gasteiger partial charge < -0.3 is 23.9 Å². The third-order valence-corrected chi connectivity index (χ3v) is 5.55. The lowest BCUT2D eigenvalue weighted by Gasteiger charge is -2.27. The predicted octanol–water partition coefficient (Wildman–Crippen LogP) is 3.24. The molecule has 4 heterocycles. The third kappa shape index (κ3) is 2.82. The fourth-order valence-corrected chi connectivity index (χ4v) is 4.26. The molecule has 2 aliphatic rings. The maximum atomic E-state index is 11.0. The number of aromatic nitrogens is 3. The Morgan fingerprint density at radius 3 is 2.64 bits per heavy atom. The van der Waals surface area contributed by atoms with Crippen LogP contribution < -0.4 is 0 Å². The fourth-order valence-electron chi connectivity index (χ4n) is 4.07. The molecule has 2 fully saturated rings. The lowest BCUT2D eigenvalue weighted by molar-refractivity contribution is -0.207. The van der Waals surface area contributed by atoms with Gasteiger partial charge in [-0.3, -0.25) is 0 Å². The van der Waals surface area contributed by atoms with Gasteiger partial charge in [0.2, 0.25) is 0 Å². The smallest absolute Gasteiger partial charge is 0.164 e. The van der Waals surface area contributed by atoms with Gasteiger partial charge in [-0.05, 0) is 25.5 Å². The van der Waals surface area contributed by atoms with E-state index in [4.69, 9.17) is 25.8 Å². The molecule has 0 bridgehead atoms. The minimum atomic E-state index is -0.851. The highest BCUT2D eigenvalue weighted by atomic mass is 35.5. The number of nitrogens with zero attached hydrogens (tertiary/aromatic N) is 3. The molecule has 8 heteroatoms. The van der Waals surface area contributed by atoms with E-state index in [1.807, 2.05) is 61.0 Å². The van der Waals surface area contributed by atoms with Crippen LogP contribution in [0.15, 0.2) is 48.9 Å². The number of halogens is 1. The van der Waals surface area contributed by atoms with Crippen molar-refractivity contribution in [3.63, 3.8) is 0 Å². The number of hydrogen-bond donors (Lipinski definition) is 1. The summed E-state index contributed by atoms with van der Waals surface area (Å²) >= 11 is 6.19. The molecule has 3 aromatic rings. The molecule has 146 valence electrons. The minimum absolute atomic E-state index is 0.378. The van der Waals surface area contributed by atoms with Gasteiger partial charge in [0.1, 0.15) is 41.5 Å². The van der Waals surface area contributed by atoms with Gasteiger partial charge in [-0.25, -0.2) is 9.97 Å². The molecule has 7 nitrogen and oxygen atoms in total. The summed E-state index contributed by atoms with van der Waals surface area (Å²) in [6.07, 6.45) is 0.482. The van der Waals surface area contributed by atoms with E-state index < -0.39 is 36.4 Å². The SMILES string of the molecule is CC1(C)O[C@H]2[C@@H](O1)[C@H](n1ccc3c(Cl)ncnc31)O[C@@H]2[C@H](O)c1ccccc1. The zero-order valence-corrected chi connectivity index (χ0v) is 16.2. The second kappa shape index (κ2) is 6.50. The van der Waals surface area contributed by atoms with Crippen molar-refractivity contribution in [1.29, 1.82) is 0 Å². The zero-order chi connectivity index (χ0) is 19.5. The Hall–Kier alpha value is -2.03. The first-order valence-corrected chi connectivity index (χ1v) is 9.53. The average Bonchev–Trinajstić information content (AvgIpc) is 3.33. The predicted molar refractivity (Wildman–Crippen MR) is 102 cm³/mol. The van der Waals surface area contributed by atoms with Crippen molar-refractivity contribution in [3.05, 3.63) is 59.6 Å². The Kier molecular flexibility index (Phi) is 4.19. The van der Waals surface area contributed by atoms with Crippen LogP contribution in [0.5, 0.6) is 0 Å². The molecular formula is C20H20ClN3O4. The van der Waals surface area contributed by atoms with Crippen molar-refractivity contribution in [2.75, 3.05) is 0 Å². The summed E-state index contributed by atoms with van der Waals surface area (Å²) in [6, 6.07) is 11.3. The summed E-state index contributed by atoms with van der Waals surface area (Å²) in [5.74, 6) is -0.776. The van der Waals surface area contributed by atoms with E-state index in [1.54, 1.807) is 0 Å². The van der Waals surface area contributed by atoms with Crippen LogP contribution in [0.25, 0.3) is 11.0 Å². The van der Waals surface area contributed by atoms with Gasteiger partial charge in [0.05, 0.1) is 5.39 Å². The lowest BCUT2D eigenvalue weighted by atomic mass is 9.99. The molecule has 0 amide bonds. The van der Waals surface area contributed by atoms with E-state index in [0.29, 0.717) is 10.8 Å². The summed E-state index contributed by atoms with van der Waals surface area (Å²) in [5.41, 5.74) is 1.41. The minimum Gasteiger partial charge on any atom is -0.386 e. The molecule has 5 rings (SSSR count). The molecule has 2 saturated heterocycles. The maximum absolute atomic E-state index is 11.0. The van der Waals surface area contributed by atoms with E-state index >= 15 is 0 Å². The van der Waals surface area contributed by atoms with Gasteiger partial charge in [-0.1, -0.05) is 41.9 Å². The van der Waals surface area contributed by atoms with Crippen LogP contribution >= 0.6 is 11.6 Å². The van der Waals surface area contributed by atoms with Gasteiger partial charge >= 0.3 is 0 Å². The first-order chi connectivity index (χ1) is 13.4. The molecule has 2 aromatic heterocycles. The van der Waals surface area contributed by atoms with Crippen LogP contribution in [-0.2, 0) is 14.2 Å². The molecule has 0 spiro atoms. The highest BCUT2D eigenvalue weighted by molar-refractivity contribution is 6.33. The molecule has 0 saturated carbocycles. The third-order valence-electron chi connectivity index (χ3n) is 5.25. The number of hydrogen-bond acceptors (Lipinski definition) is 6. The summed E-state index contributed by atoms with van der Waals surface area (Å²) in [6.45, 7) is 3.72. The second-order valence-electron chi connectivity index (χ2n) is 7.54. The van der Waals surface area contributed by atoms with Crippen LogP contribution in [0, 0.1) is 0 Å². The summed E-state index contributed by atoms with van der Waals surface area (Å²) in [4.78, 5) is 8.38. The van der Waals surface area contributed by atoms with Crippen molar-refractivity contribution in [3.8, 4) is 0 Å². The second-order valence-corrected chi connectivity index (χ2v) is 7.89. The Morgan fingerprint density at radius 1 is 1.11 bits per heavy atom. The van der Waals surface area contributed by atoms with Crippen molar-refractivity contribution >= 4 is 22.6 Å². The van der Waals surface area contributed by atoms with Gasteiger partial charge in [0.25, 0.3) is 0 Å². The van der Waals surface area contributed by atoms with Crippen molar-refractivity contribution in [2.24, 2.45) is 0 Å². The quantitative estimate of drug-likeness (QED) is 0.679. The summed E-state index contributed by atoms with van der Waals surface area (Å²) in [7, 11) is 0. The van der Waals surface area contributed by atoms with Crippen LogP contribution in [0.1, 0.15) is 31.7 Å². The Labute approximate surface area is 166 Å². The van der Waals surface area contributed by atoms with E-state index in [0.717, 1.165) is 10.9 Å². The maximum Gasteiger partial charge on any atom is 0.164 e. The van der Waals surface area contributed by atoms with Crippen molar-refractivity contribution in [1.82, 2.24) is 14.5 Å². The average molecular weight is 402 g/mol. The number of ether oxygens (including phenoxy) is 3. The Balaban J connectivity index is 1.55. The molecule has 28 heavy (non-hydrogen) atoms. The zero-order valence-electron chi connectivity index (χ0n) is 15.4. The molecule has 0 radical (unpaired) electrons. The van der Waals surface area contributed by atoms with Crippen LogP contribution in [0.3, 0.4) is 0 Å². The first kappa shape index (κ1) is 18.0.